The molecule has 0 spiro atoms. The Labute approximate surface area is 187 Å². The van der Waals surface area contributed by atoms with Crippen LogP contribution in [0.15, 0.2) is 36.5 Å². The van der Waals surface area contributed by atoms with Gasteiger partial charge in [-0.15, -0.1) is 0 Å². The second-order valence-electron chi connectivity index (χ2n) is 8.29. The van der Waals surface area contributed by atoms with Crippen LogP contribution in [0, 0.1) is 13.5 Å². The standard InChI is InChI=1S/C25H26N4O3/c1-17-24(22(30)16-28-12-4-3-5-13-28)25-21(14-18(15-27-25)6-11-23(31)32)29(17)20-9-7-19(26-2)8-10-20/h7-10,14-15H,3-6,11-13,16H2,1H3,(H,31,32). The molecule has 0 atom stereocenters. The number of fused-ring (bicyclic) bond motifs is 1. The zero-order valence-electron chi connectivity index (χ0n) is 18.2. The molecule has 1 aliphatic rings. The number of carbonyl (C=O) groups is 2. The maximum absolute atomic E-state index is 13.4. The number of carboxylic acid groups (broad SMARTS) is 1. The second kappa shape index (κ2) is 9.33. The molecule has 0 aliphatic carbocycles. The maximum Gasteiger partial charge on any atom is 0.303 e. The fourth-order valence-electron chi connectivity index (χ4n) is 4.45. The van der Waals surface area contributed by atoms with E-state index in [9.17, 15) is 9.59 Å². The minimum absolute atomic E-state index is 0.0212. The van der Waals surface area contributed by atoms with Crippen molar-refractivity contribution >= 4 is 28.5 Å². The van der Waals surface area contributed by atoms with Crippen molar-refractivity contribution in [2.75, 3.05) is 19.6 Å². The highest BCUT2D eigenvalue weighted by molar-refractivity contribution is 6.09. The number of ketones is 1. The third kappa shape index (κ3) is 4.41. The third-order valence-corrected chi connectivity index (χ3v) is 6.06. The van der Waals surface area contributed by atoms with Crippen LogP contribution in [0.3, 0.4) is 0 Å². The summed E-state index contributed by atoms with van der Waals surface area (Å²) in [5.41, 5.74) is 5.04. The Morgan fingerprint density at radius 1 is 1.16 bits per heavy atom. The summed E-state index contributed by atoms with van der Waals surface area (Å²) < 4.78 is 1.99. The number of hydrogen-bond acceptors (Lipinski definition) is 4. The van der Waals surface area contributed by atoms with Crippen molar-refractivity contribution in [3.63, 3.8) is 0 Å². The molecule has 0 unspecified atom stereocenters. The highest BCUT2D eigenvalue weighted by Crippen LogP contribution is 2.30. The van der Waals surface area contributed by atoms with E-state index in [-0.39, 0.29) is 12.2 Å². The van der Waals surface area contributed by atoms with Crippen LogP contribution in [0.2, 0.25) is 0 Å². The number of aliphatic carboxylic acids is 1. The van der Waals surface area contributed by atoms with Crippen molar-refractivity contribution < 1.29 is 14.7 Å². The molecule has 0 amide bonds. The summed E-state index contributed by atoms with van der Waals surface area (Å²) in [6, 6.07) is 9.17. The number of likely N-dealkylation sites (tertiary alicyclic amines) is 1. The quantitative estimate of drug-likeness (QED) is 0.439. The van der Waals surface area contributed by atoms with Crippen molar-refractivity contribution in [2.45, 2.75) is 39.0 Å². The summed E-state index contributed by atoms with van der Waals surface area (Å²) in [7, 11) is 0. The Morgan fingerprint density at radius 3 is 2.53 bits per heavy atom. The highest BCUT2D eigenvalue weighted by Gasteiger charge is 2.24. The molecule has 7 nitrogen and oxygen atoms in total. The number of piperidine rings is 1. The van der Waals surface area contributed by atoms with E-state index in [2.05, 4.69) is 14.7 Å². The molecule has 0 bridgehead atoms. The van der Waals surface area contributed by atoms with Gasteiger partial charge in [-0.25, -0.2) is 4.85 Å². The monoisotopic (exact) mass is 430 g/mol. The molecule has 164 valence electrons. The number of aryl methyl sites for hydroxylation is 1. The normalized spacial score (nSPS) is 14.4. The number of aromatic nitrogens is 2. The van der Waals surface area contributed by atoms with Gasteiger partial charge in [0, 0.05) is 24.0 Å². The average molecular weight is 431 g/mol. The lowest BCUT2D eigenvalue weighted by Crippen LogP contribution is -2.34. The molecule has 1 N–H and O–H groups in total. The van der Waals surface area contributed by atoms with E-state index in [0.717, 1.165) is 48.4 Å². The van der Waals surface area contributed by atoms with Gasteiger partial charge >= 0.3 is 5.97 Å². The van der Waals surface area contributed by atoms with Crippen molar-refractivity contribution in [3.8, 4) is 5.69 Å². The van der Waals surface area contributed by atoms with Crippen molar-refractivity contribution in [3.05, 3.63) is 64.8 Å². The topological polar surface area (TPSA) is 79.8 Å². The summed E-state index contributed by atoms with van der Waals surface area (Å²) in [4.78, 5) is 34.7. The van der Waals surface area contributed by atoms with Crippen LogP contribution in [-0.4, -0.2) is 50.9 Å². The van der Waals surface area contributed by atoms with E-state index < -0.39 is 5.97 Å². The number of rotatable bonds is 7. The van der Waals surface area contributed by atoms with Gasteiger partial charge in [0.15, 0.2) is 11.5 Å². The molecular weight excluding hydrogens is 404 g/mol. The molecular formula is C25H26N4O3. The van der Waals surface area contributed by atoms with Crippen molar-refractivity contribution in [1.29, 1.82) is 0 Å². The zero-order chi connectivity index (χ0) is 22.7. The molecule has 7 heteroatoms. The number of hydrogen-bond donors (Lipinski definition) is 1. The van der Waals surface area contributed by atoms with E-state index in [4.69, 9.17) is 11.7 Å². The van der Waals surface area contributed by atoms with Gasteiger partial charge < -0.3 is 9.67 Å². The predicted octanol–water partition coefficient (Wildman–Crippen LogP) is 4.57. The van der Waals surface area contributed by atoms with Gasteiger partial charge in [0.25, 0.3) is 0 Å². The first-order valence-corrected chi connectivity index (χ1v) is 10.9. The van der Waals surface area contributed by atoms with Crippen molar-refractivity contribution in [2.24, 2.45) is 0 Å². The lowest BCUT2D eigenvalue weighted by atomic mass is 10.1. The summed E-state index contributed by atoms with van der Waals surface area (Å²) in [5, 5.41) is 9.05. The Morgan fingerprint density at radius 2 is 1.88 bits per heavy atom. The lowest BCUT2D eigenvalue weighted by molar-refractivity contribution is -0.136. The van der Waals surface area contributed by atoms with E-state index in [0.29, 0.717) is 29.7 Å². The minimum Gasteiger partial charge on any atom is -0.481 e. The molecule has 4 rings (SSSR count). The largest absolute Gasteiger partial charge is 0.481 e. The van der Waals surface area contributed by atoms with E-state index in [1.54, 1.807) is 18.3 Å². The molecule has 0 radical (unpaired) electrons. The van der Waals surface area contributed by atoms with Crippen LogP contribution in [0.4, 0.5) is 5.69 Å². The third-order valence-electron chi connectivity index (χ3n) is 6.06. The highest BCUT2D eigenvalue weighted by atomic mass is 16.4. The number of carbonyl (C=O) groups excluding carboxylic acids is 1. The molecule has 3 heterocycles. The summed E-state index contributed by atoms with van der Waals surface area (Å²) in [6.07, 6.45) is 5.52. The SMILES string of the molecule is [C-]#[N+]c1ccc(-n2c(C)c(C(=O)CN3CCCCC3)c3ncc(CCC(=O)O)cc32)cc1. The molecule has 1 saturated heterocycles. The second-order valence-corrected chi connectivity index (χ2v) is 8.29. The number of benzene rings is 1. The molecule has 1 aliphatic heterocycles. The minimum atomic E-state index is -0.858. The van der Waals surface area contributed by atoms with Gasteiger partial charge in [-0.2, -0.15) is 0 Å². The van der Waals surface area contributed by atoms with E-state index in [1.165, 1.54) is 6.42 Å². The maximum atomic E-state index is 13.4. The number of Topliss-reactive ketones (excluding diaryl/α,β-unsaturated/α-hetero) is 1. The lowest BCUT2D eigenvalue weighted by Gasteiger charge is -2.25. The number of carboxylic acids is 1. The zero-order valence-corrected chi connectivity index (χ0v) is 18.2. The van der Waals surface area contributed by atoms with Crippen LogP contribution < -0.4 is 0 Å². The predicted molar refractivity (Wildman–Crippen MR) is 123 cm³/mol. The van der Waals surface area contributed by atoms with Gasteiger partial charge in [0.1, 0.15) is 0 Å². The molecule has 3 aromatic rings. The van der Waals surface area contributed by atoms with Gasteiger partial charge in [-0.05, 0) is 63.0 Å². The number of nitrogens with zero attached hydrogens (tertiary/aromatic N) is 4. The van der Waals surface area contributed by atoms with Crippen molar-refractivity contribution in [1.82, 2.24) is 14.5 Å². The fourth-order valence-corrected chi connectivity index (χ4v) is 4.45. The van der Waals surface area contributed by atoms with Gasteiger partial charge in [-0.1, -0.05) is 18.6 Å². The van der Waals surface area contributed by atoms with Crippen LogP contribution in [-0.2, 0) is 11.2 Å². The van der Waals surface area contributed by atoms with Gasteiger partial charge in [0.05, 0.1) is 29.7 Å². The molecule has 2 aromatic heterocycles. The average Bonchev–Trinajstić information content (AvgIpc) is 3.09. The first-order chi connectivity index (χ1) is 15.5. The van der Waals surface area contributed by atoms with Crippen LogP contribution in [0.1, 0.15) is 47.3 Å². The Hall–Kier alpha value is -3.50. The molecule has 1 aromatic carbocycles. The van der Waals surface area contributed by atoms with Crippen LogP contribution >= 0.6 is 0 Å². The Kier molecular flexibility index (Phi) is 6.33. The van der Waals surface area contributed by atoms with Crippen LogP contribution in [0.25, 0.3) is 21.6 Å². The smallest absolute Gasteiger partial charge is 0.303 e. The van der Waals surface area contributed by atoms with Gasteiger partial charge in [0.2, 0.25) is 0 Å². The summed E-state index contributed by atoms with van der Waals surface area (Å²) in [6.45, 7) is 11.4. The Balaban J connectivity index is 1.80. The Bertz CT molecular complexity index is 1200. The first kappa shape index (κ1) is 21.7. The van der Waals surface area contributed by atoms with Gasteiger partial charge in [-0.3, -0.25) is 19.5 Å². The van der Waals surface area contributed by atoms with E-state index in [1.807, 2.05) is 29.7 Å². The van der Waals surface area contributed by atoms with Crippen LogP contribution in [0.5, 0.6) is 0 Å². The first-order valence-electron chi connectivity index (χ1n) is 10.9. The fraction of sp³-hybridized carbons (Fsp3) is 0.360. The molecule has 1 fully saturated rings. The summed E-state index contributed by atoms with van der Waals surface area (Å²) in [5.74, 6) is -0.805. The van der Waals surface area contributed by atoms with E-state index >= 15 is 0 Å². The molecule has 0 saturated carbocycles. The molecule has 32 heavy (non-hydrogen) atoms. The number of pyridine rings is 1. The summed E-state index contributed by atoms with van der Waals surface area (Å²) >= 11 is 0.